The van der Waals surface area contributed by atoms with Gasteiger partial charge in [0.25, 0.3) is 0 Å². The van der Waals surface area contributed by atoms with Crippen molar-refractivity contribution >= 4 is 5.91 Å². The van der Waals surface area contributed by atoms with E-state index in [2.05, 4.69) is 11.8 Å². The molecule has 80 valence electrons. The second-order valence-electron chi connectivity index (χ2n) is 2.77. The van der Waals surface area contributed by atoms with Crippen molar-refractivity contribution in [2.75, 3.05) is 27.2 Å². The van der Waals surface area contributed by atoms with E-state index in [9.17, 15) is 18.0 Å². The predicted molar refractivity (Wildman–Crippen MR) is 45.4 cm³/mol. The highest BCUT2D eigenvalue weighted by Gasteiger charge is 2.37. The summed E-state index contributed by atoms with van der Waals surface area (Å²) in [5.41, 5.74) is 0. The van der Waals surface area contributed by atoms with E-state index in [0.717, 1.165) is 0 Å². The van der Waals surface area contributed by atoms with E-state index in [-0.39, 0.29) is 6.54 Å². The second-order valence-corrected chi connectivity index (χ2v) is 2.77. The molecule has 0 radical (unpaired) electrons. The molecule has 0 rings (SSSR count). The molecule has 0 aliphatic carbocycles. The molecule has 0 fully saturated rings. The Morgan fingerprint density at radius 1 is 1.36 bits per heavy atom. The molecule has 0 aromatic heterocycles. The maximum absolute atomic E-state index is 11.6. The van der Waals surface area contributed by atoms with Crippen LogP contribution < -0.4 is 5.32 Å². The number of hydrogen-bond acceptors (Lipinski definition) is 2. The fourth-order valence-electron chi connectivity index (χ4n) is 0.501. The summed E-state index contributed by atoms with van der Waals surface area (Å²) in [6, 6.07) is 0. The average Bonchev–Trinajstić information content (AvgIpc) is 2.01. The third-order valence-electron chi connectivity index (χ3n) is 1.12. The molecular weight excluding hydrogens is 197 g/mol. The summed E-state index contributed by atoms with van der Waals surface area (Å²) < 4.78 is 34.9. The maximum Gasteiger partial charge on any atom is 0.471 e. The summed E-state index contributed by atoms with van der Waals surface area (Å²) in [5, 5.41) is 1.64. The van der Waals surface area contributed by atoms with E-state index >= 15 is 0 Å². The van der Waals surface area contributed by atoms with Crippen molar-refractivity contribution in [3.63, 3.8) is 0 Å². The topological polar surface area (TPSA) is 32.3 Å². The molecule has 0 heterocycles. The van der Waals surface area contributed by atoms with Gasteiger partial charge in [0.2, 0.25) is 0 Å². The summed E-state index contributed by atoms with van der Waals surface area (Å²) in [7, 11) is 3.56. The smallest absolute Gasteiger partial charge is 0.337 e. The summed E-state index contributed by atoms with van der Waals surface area (Å²) in [6.45, 7) is 0.161. The van der Waals surface area contributed by atoms with Gasteiger partial charge in [-0.15, -0.1) is 0 Å². The Morgan fingerprint density at radius 3 is 2.36 bits per heavy atom. The van der Waals surface area contributed by atoms with Gasteiger partial charge in [-0.25, -0.2) is 0 Å². The van der Waals surface area contributed by atoms with Crippen molar-refractivity contribution < 1.29 is 18.0 Å². The van der Waals surface area contributed by atoms with Crippen LogP contribution in [-0.2, 0) is 4.79 Å². The number of carbonyl (C=O) groups excluding carboxylic acids is 1. The number of alkyl halides is 3. The Hall–Kier alpha value is -1.22. The van der Waals surface area contributed by atoms with Crippen LogP contribution in [0.25, 0.3) is 0 Å². The summed E-state index contributed by atoms with van der Waals surface area (Å²) >= 11 is 0. The number of carbonyl (C=O) groups is 1. The fraction of sp³-hybridized carbons (Fsp3) is 0.625. The zero-order valence-electron chi connectivity index (χ0n) is 7.90. The average molecular weight is 208 g/mol. The first kappa shape index (κ1) is 12.8. The number of halogens is 3. The van der Waals surface area contributed by atoms with Crippen molar-refractivity contribution in [1.29, 1.82) is 0 Å². The molecule has 1 N–H and O–H groups in total. The van der Waals surface area contributed by atoms with Crippen LogP contribution in [-0.4, -0.2) is 44.2 Å². The van der Waals surface area contributed by atoms with Crippen LogP contribution >= 0.6 is 0 Å². The molecule has 0 bridgehead atoms. The first-order valence-corrected chi connectivity index (χ1v) is 3.79. The molecule has 0 unspecified atom stereocenters. The monoisotopic (exact) mass is 208 g/mol. The van der Waals surface area contributed by atoms with Crippen molar-refractivity contribution in [1.82, 2.24) is 10.2 Å². The minimum absolute atomic E-state index is 0.286. The molecule has 0 aromatic carbocycles. The van der Waals surface area contributed by atoms with Gasteiger partial charge in [0.15, 0.2) is 0 Å². The molecule has 0 aliphatic heterocycles. The number of nitrogens with one attached hydrogen (secondary N) is 1. The molecule has 0 atom stereocenters. The lowest BCUT2D eigenvalue weighted by Gasteiger charge is -2.04. The van der Waals surface area contributed by atoms with E-state index in [1.54, 1.807) is 24.3 Å². The van der Waals surface area contributed by atoms with E-state index < -0.39 is 12.1 Å². The third-order valence-corrected chi connectivity index (χ3v) is 1.12. The van der Waals surface area contributed by atoms with Gasteiger partial charge in [-0.3, -0.25) is 9.69 Å². The van der Waals surface area contributed by atoms with E-state index in [0.29, 0.717) is 6.54 Å². The number of hydrogen-bond donors (Lipinski definition) is 1. The maximum atomic E-state index is 11.6. The predicted octanol–water partition coefficient (Wildman–Crippen LogP) is 0.230. The van der Waals surface area contributed by atoms with Crippen molar-refractivity contribution in [2.45, 2.75) is 6.18 Å². The van der Waals surface area contributed by atoms with Crippen LogP contribution in [0, 0.1) is 11.8 Å². The minimum atomic E-state index is -4.83. The quantitative estimate of drug-likeness (QED) is 0.659. The molecule has 3 nitrogen and oxygen atoms in total. The molecule has 0 saturated heterocycles. The Labute approximate surface area is 80.3 Å². The zero-order chi connectivity index (χ0) is 11.2. The molecule has 1 amide bonds. The van der Waals surface area contributed by atoms with Gasteiger partial charge in [-0.05, 0) is 14.1 Å². The standard InChI is InChI=1S/C8H11F3N2O/c1-13(2)6-4-3-5-12-7(14)8(9,10)11/h5-6H2,1-2H3,(H,12,14). The van der Waals surface area contributed by atoms with E-state index in [1.165, 1.54) is 0 Å². The van der Waals surface area contributed by atoms with Crippen LogP contribution in [0.3, 0.4) is 0 Å². The molecule has 0 saturated carbocycles. The van der Waals surface area contributed by atoms with Gasteiger partial charge in [-0.1, -0.05) is 11.8 Å². The van der Waals surface area contributed by atoms with Gasteiger partial charge in [0, 0.05) is 0 Å². The molecule has 0 spiro atoms. The highest BCUT2D eigenvalue weighted by atomic mass is 19.4. The van der Waals surface area contributed by atoms with Crippen LogP contribution in [0.4, 0.5) is 13.2 Å². The summed E-state index contributed by atoms with van der Waals surface area (Å²) in [4.78, 5) is 12.0. The SMILES string of the molecule is CN(C)CC#CCNC(=O)C(F)(F)F. The normalized spacial score (nSPS) is 10.7. The lowest BCUT2D eigenvalue weighted by molar-refractivity contribution is -0.173. The van der Waals surface area contributed by atoms with E-state index in [4.69, 9.17) is 0 Å². The van der Waals surface area contributed by atoms with Gasteiger partial charge in [0.05, 0.1) is 13.1 Å². The Balaban J connectivity index is 3.73. The lowest BCUT2D eigenvalue weighted by Crippen LogP contribution is -2.36. The molecular formula is C8H11F3N2O. The van der Waals surface area contributed by atoms with Crippen molar-refractivity contribution in [3.05, 3.63) is 0 Å². The van der Waals surface area contributed by atoms with Crippen molar-refractivity contribution in [2.24, 2.45) is 0 Å². The summed E-state index contributed by atoms with van der Waals surface area (Å²) in [5.74, 6) is 3.02. The van der Waals surface area contributed by atoms with Crippen LogP contribution in [0.5, 0.6) is 0 Å². The van der Waals surface area contributed by atoms with Crippen LogP contribution in [0.1, 0.15) is 0 Å². The number of nitrogens with zero attached hydrogens (tertiary/aromatic N) is 1. The third kappa shape index (κ3) is 6.31. The van der Waals surface area contributed by atoms with Gasteiger partial charge in [0.1, 0.15) is 0 Å². The van der Waals surface area contributed by atoms with Crippen molar-refractivity contribution in [3.8, 4) is 11.8 Å². The molecule has 0 aromatic rings. The van der Waals surface area contributed by atoms with Gasteiger partial charge < -0.3 is 5.32 Å². The molecule has 0 aliphatic rings. The largest absolute Gasteiger partial charge is 0.471 e. The number of rotatable bonds is 2. The Bertz CT molecular complexity index is 250. The zero-order valence-corrected chi connectivity index (χ0v) is 7.90. The highest BCUT2D eigenvalue weighted by Crippen LogP contribution is 2.13. The van der Waals surface area contributed by atoms with Gasteiger partial charge in [-0.2, -0.15) is 13.2 Å². The first-order chi connectivity index (χ1) is 6.34. The van der Waals surface area contributed by atoms with Crippen LogP contribution in [0.2, 0.25) is 0 Å². The highest BCUT2D eigenvalue weighted by molar-refractivity contribution is 5.81. The van der Waals surface area contributed by atoms with Gasteiger partial charge >= 0.3 is 12.1 Å². The Kier molecular flexibility index (Phi) is 5.02. The lowest BCUT2D eigenvalue weighted by atomic mass is 10.5. The van der Waals surface area contributed by atoms with E-state index in [1.807, 2.05) is 0 Å². The fourth-order valence-corrected chi connectivity index (χ4v) is 0.501. The summed E-state index contributed by atoms with van der Waals surface area (Å²) in [6.07, 6.45) is -4.83. The number of amides is 1. The molecule has 14 heavy (non-hydrogen) atoms. The van der Waals surface area contributed by atoms with Crippen LogP contribution in [0.15, 0.2) is 0 Å². The second kappa shape index (κ2) is 5.50. The Morgan fingerprint density at radius 2 is 1.93 bits per heavy atom. The minimum Gasteiger partial charge on any atom is -0.337 e. The first-order valence-electron chi connectivity index (χ1n) is 3.79. The molecule has 6 heteroatoms.